The van der Waals surface area contributed by atoms with Crippen LogP contribution in [0.3, 0.4) is 0 Å². The molecular weight excluding hydrogens is 813 g/mol. The Morgan fingerprint density at radius 1 is 0.844 bits per heavy atom. The minimum Gasteiger partial charge on any atom is -0.453 e. The van der Waals surface area contributed by atoms with Crippen molar-refractivity contribution in [1.82, 2.24) is 40.4 Å². The molecule has 5 aromatic rings. The van der Waals surface area contributed by atoms with Crippen LogP contribution in [0.25, 0.3) is 44.2 Å². The molecule has 334 valence electrons. The van der Waals surface area contributed by atoms with Gasteiger partial charge in [0.05, 0.1) is 37.0 Å². The summed E-state index contributed by atoms with van der Waals surface area (Å²) in [6, 6.07) is 15.3. The molecule has 1 saturated carbocycles. The van der Waals surface area contributed by atoms with Crippen LogP contribution in [0.2, 0.25) is 0 Å². The quantitative estimate of drug-likeness (QED) is 0.111. The molecule has 6 atom stereocenters. The van der Waals surface area contributed by atoms with Gasteiger partial charge in [0.15, 0.2) is 0 Å². The lowest BCUT2D eigenvalue weighted by atomic mass is 9.89. The first-order chi connectivity index (χ1) is 31.0. The first-order valence-electron chi connectivity index (χ1n) is 22.7. The number of amides is 4. The number of likely N-dealkylation sites (tertiary alicyclic amines) is 2. The molecule has 2 aromatic heterocycles. The lowest BCUT2D eigenvalue weighted by Gasteiger charge is -2.37. The average molecular weight is 869 g/mol. The zero-order valence-corrected chi connectivity index (χ0v) is 36.9. The Labute approximate surface area is 371 Å². The van der Waals surface area contributed by atoms with E-state index in [0.29, 0.717) is 50.8 Å². The number of piperidine rings is 1. The number of carbonyl (C=O) groups excluding carboxylic acids is 4. The summed E-state index contributed by atoms with van der Waals surface area (Å²) in [6.07, 6.45) is 5.35. The fourth-order valence-corrected chi connectivity index (χ4v) is 11.2. The molecule has 2 aliphatic carbocycles. The molecule has 15 nitrogen and oxygen atoms in total. The Bertz CT molecular complexity index is 2680. The largest absolute Gasteiger partial charge is 0.453 e. The molecule has 10 rings (SSSR count). The Kier molecular flexibility index (Phi) is 10.9. The summed E-state index contributed by atoms with van der Waals surface area (Å²) in [5.41, 5.74) is 9.17. The van der Waals surface area contributed by atoms with E-state index in [1.807, 2.05) is 24.8 Å². The molecule has 15 heteroatoms. The lowest BCUT2D eigenvalue weighted by Crippen LogP contribution is -2.54. The zero-order valence-electron chi connectivity index (χ0n) is 36.9. The number of nitrogens with zero attached hydrogens (tertiary/aromatic N) is 4. The first-order valence-corrected chi connectivity index (χ1v) is 22.7. The molecule has 3 aromatic carbocycles. The van der Waals surface area contributed by atoms with E-state index in [0.717, 1.165) is 93.4 Å². The summed E-state index contributed by atoms with van der Waals surface area (Å²) in [4.78, 5) is 74.4. The number of fused-ring (bicyclic) bond motifs is 8. The predicted molar refractivity (Wildman–Crippen MR) is 240 cm³/mol. The van der Waals surface area contributed by atoms with E-state index in [1.165, 1.54) is 19.8 Å². The second-order valence-corrected chi connectivity index (χ2v) is 18.5. The molecule has 3 saturated heterocycles. The van der Waals surface area contributed by atoms with Gasteiger partial charge < -0.3 is 44.6 Å². The number of carbonyl (C=O) groups is 4. The summed E-state index contributed by atoms with van der Waals surface area (Å²) in [5, 5.41) is 7.66. The van der Waals surface area contributed by atoms with Crippen LogP contribution < -0.4 is 10.6 Å². The molecule has 3 aliphatic heterocycles. The predicted octanol–water partition coefficient (Wildman–Crippen LogP) is 7.29. The van der Waals surface area contributed by atoms with Gasteiger partial charge in [-0.15, -0.1) is 0 Å². The van der Waals surface area contributed by atoms with Crippen LogP contribution in [-0.4, -0.2) is 106 Å². The molecule has 4 amide bonds. The van der Waals surface area contributed by atoms with Crippen LogP contribution in [-0.2, 0) is 36.6 Å². The molecule has 0 unspecified atom stereocenters. The third-order valence-electron chi connectivity index (χ3n) is 14.5. The fourth-order valence-electron chi connectivity index (χ4n) is 11.2. The van der Waals surface area contributed by atoms with Gasteiger partial charge in [0.1, 0.15) is 29.8 Å². The highest BCUT2D eigenvalue weighted by atomic mass is 16.5. The minimum absolute atomic E-state index is 0.0704. The molecular formula is C49H56N8O7. The van der Waals surface area contributed by atoms with Crippen LogP contribution in [0, 0.1) is 17.8 Å². The molecule has 5 heterocycles. The van der Waals surface area contributed by atoms with Crippen molar-refractivity contribution in [2.75, 3.05) is 34.0 Å². The number of aryl methyl sites for hydroxylation is 2. The fraction of sp³-hybridized carbons (Fsp3) is 0.469. The Morgan fingerprint density at radius 3 is 2.39 bits per heavy atom. The maximum atomic E-state index is 14.3. The Morgan fingerprint density at radius 2 is 1.61 bits per heavy atom. The number of aromatic amines is 2. The number of hydrogen-bond donors (Lipinski definition) is 4. The number of alkyl carbamates (subject to hydrolysis) is 2. The van der Waals surface area contributed by atoms with Gasteiger partial charge in [-0.05, 0) is 109 Å². The van der Waals surface area contributed by atoms with Crippen molar-refractivity contribution in [3.63, 3.8) is 0 Å². The summed E-state index contributed by atoms with van der Waals surface area (Å²) < 4.78 is 15.3. The van der Waals surface area contributed by atoms with Crippen LogP contribution >= 0.6 is 0 Å². The summed E-state index contributed by atoms with van der Waals surface area (Å²) in [5.74, 6) is 1.37. The second-order valence-electron chi connectivity index (χ2n) is 18.5. The highest BCUT2D eigenvalue weighted by molar-refractivity contribution is 6.05. The maximum absolute atomic E-state index is 14.3. The standard InChI is InChI=1S/C49H56N8O7/c1-25(2)38(54-48(60)62-4)47(59)57-33-11-6-32(24-33)43(57)45-51-37-15-10-31-23-29(8-13-35(31)41(37)53-45)28-7-12-34-30(22-28)9-14-36-40(34)52-44(50-36)42-26(3)16-19-56(42)46(58)39(55-49(61)63-5)27-17-20-64-21-18-27/h7-9,12-14,22-23,25,27,32-33,38-39,42-43H,3,6,10-11,15-21,24H2,1-2,4-5H3,(H,50,52)(H,51,53)(H,54,60)(H,55,61)/t32-,33+,38-,39-,42-,43-/m0/s1. The molecule has 5 aliphatic rings. The molecule has 0 spiro atoms. The highest BCUT2D eigenvalue weighted by Gasteiger charge is 2.52. The van der Waals surface area contributed by atoms with Crippen LogP contribution in [0.15, 0.2) is 60.7 Å². The number of aromatic nitrogens is 4. The second kappa shape index (κ2) is 16.7. The monoisotopic (exact) mass is 868 g/mol. The van der Waals surface area contributed by atoms with Crippen molar-refractivity contribution in [2.45, 2.75) is 95.4 Å². The van der Waals surface area contributed by atoms with Crippen molar-refractivity contribution >= 4 is 45.8 Å². The van der Waals surface area contributed by atoms with Gasteiger partial charge in [-0.25, -0.2) is 19.6 Å². The topological polar surface area (TPSA) is 184 Å². The highest BCUT2D eigenvalue weighted by Crippen LogP contribution is 2.51. The summed E-state index contributed by atoms with van der Waals surface area (Å²) in [7, 11) is 2.62. The van der Waals surface area contributed by atoms with Crippen LogP contribution in [0.1, 0.15) is 87.4 Å². The molecule has 4 N–H and O–H groups in total. The number of ether oxygens (including phenoxy) is 3. The molecule has 2 bridgehead atoms. The van der Waals surface area contributed by atoms with Gasteiger partial charge in [0.2, 0.25) is 11.8 Å². The Hall–Kier alpha value is -6.22. The van der Waals surface area contributed by atoms with E-state index in [1.54, 1.807) is 4.90 Å². The van der Waals surface area contributed by atoms with E-state index in [2.05, 4.69) is 69.6 Å². The number of imidazole rings is 2. The van der Waals surface area contributed by atoms with E-state index < -0.39 is 30.3 Å². The van der Waals surface area contributed by atoms with Gasteiger partial charge in [0.25, 0.3) is 0 Å². The van der Waals surface area contributed by atoms with Gasteiger partial charge in [-0.1, -0.05) is 56.8 Å². The third kappa shape index (κ3) is 7.27. The van der Waals surface area contributed by atoms with Gasteiger partial charge in [-0.3, -0.25) is 9.59 Å². The normalized spacial score (nSPS) is 22.7. The van der Waals surface area contributed by atoms with Crippen molar-refractivity contribution in [3.8, 4) is 22.4 Å². The van der Waals surface area contributed by atoms with Crippen LogP contribution in [0.5, 0.6) is 0 Å². The van der Waals surface area contributed by atoms with Gasteiger partial charge in [-0.2, -0.15) is 0 Å². The molecule has 64 heavy (non-hydrogen) atoms. The maximum Gasteiger partial charge on any atom is 0.407 e. The average Bonchev–Trinajstić information content (AvgIpc) is 4.17. The minimum atomic E-state index is -0.743. The van der Waals surface area contributed by atoms with E-state index in [-0.39, 0.29) is 35.7 Å². The lowest BCUT2D eigenvalue weighted by molar-refractivity contribution is -0.139. The summed E-state index contributed by atoms with van der Waals surface area (Å²) in [6.45, 7) is 9.79. The number of rotatable bonds is 9. The number of hydrogen-bond acceptors (Lipinski definition) is 9. The molecule has 0 radical (unpaired) electrons. The van der Waals surface area contributed by atoms with E-state index in [4.69, 9.17) is 24.2 Å². The number of methoxy groups -OCH3 is 2. The van der Waals surface area contributed by atoms with Crippen LogP contribution in [0.4, 0.5) is 9.59 Å². The zero-order chi connectivity index (χ0) is 44.4. The van der Waals surface area contributed by atoms with E-state index >= 15 is 0 Å². The number of H-pyrrole nitrogens is 2. The smallest absolute Gasteiger partial charge is 0.407 e. The van der Waals surface area contributed by atoms with Gasteiger partial charge >= 0.3 is 12.2 Å². The van der Waals surface area contributed by atoms with Crippen molar-refractivity contribution in [3.05, 3.63) is 83.6 Å². The number of benzene rings is 3. The third-order valence-corrected chi connectivity index (χ3v) is 14.5. The van der Waals surface area contributed by atoms with Crippen molar-refractivity contribution < 1.29 is 33.4 Å². The molecule has 4 fully saturated rings. The first kappa shape index (κ1) is 41.8. The van der Waals surface area contributed by atoms with Crippen molar-refractivity contribution in [1.29, 1.82) is 0 Å². The van der Waals surface area contributed by atoms with E-state index in [9.17, 15) is 19.2 Å². The SMILES string of the molecule is C=C1CCN(C(=O)[C@@H](NC(=O)OC)C2CCOCC2)[C@@H]1c1nc2c(ccc3cc(-c4ccc5c(c4)CCc4[nH]c([C@@H]6[C@H]7CC[C@H](C7)N6C(=O)[C@@H](NC(=O)OC)C(C)C)nc4-5)ccc32)[nH]1. The van der Waals surface area contributed by atoms with Gasteiger partial charge in [0, 0.05) is 42.4 Å². The summed E-state index contributed by atoms with van der Waals surface area (Å²) >= 11 is 0. The Balaban J connectivity index is 0.903. The van der Waals surface area contributed by atoms with Crippen molar-refractivity contribution in [2.24, 2.45) is 17.8 Å². The number of nitrogens with one attached hydrogen (secondary N) is 4.